The van der Waals surface area contributed by atoms with Crippen LogP contribution in [-0.4, -0.2) is 34.1 Å². The number of amides is 1. The van der Waals surface area contributed by atoms with E-state index in [4.69, 9.17) is 20.2 Å². The molecule has 116 valence electrons. The van der Waals surface area contributed by atoms with Crippen molar-refractivity contribution in [1.82, 2.24) is 5.32 Å². The molecule has 0 aromatic heterocycles. The van der Waals surface area contributed by atoms with Gasteiger partial charge in [-0.3, -0.25) is 4.79 Å². The van der Waals surface area contributed by atoms with Crippen LogP contribution in [0.1, 0.15) is 18.4 Å². The predicted octanol–water partition coefficient (Wildman–Crippen LogP) is 1.42. The highest BCUT2D eigenvalue weighted by Crippen LogP contribution is 2.27. The van der Waals surface area contributed by atoms with Gasteiger partial charge >= 0.3 is 0 Å². The van der Waals surface area contributed by atoms with Crippen molar-refractivity contribution in [3.8, 4) is 5.75 Å². The van der Waals surface area contributed by atoms with Gasteiger partial charge in [0.1, 0.15) is 16.7 Å². The first kappa shape index (κ1) is 16.1. The number of hydrogen-bond acceptors (Lipinski definition) is 5. The number of carbonyl (C=O) groups excluding carboxylic acids is 1. The lowest BCUT2D eigenvalue weighted by Gasteiger charge is -2.12. The molecule has 0 aliphatic carbocycles. The molecule has 21 heavy (non-hydrogen) atoms. The fourth-order valence-corrected chi connectivity index (χ4v) is 3.15. The van der Waals surface area contributed by atoms with Crippen molar-refractivity contribution >= 4 is 25.6 Å². The molecule has 1 N–H and O–H groups in total. The maximum atomic E-state index is 11.8. The third-order valence-electron chi connectivity index (χ3n) is 3.18. The van der Waals surface area contributed by atoms with Crippen molar-refractivity contribution in [3.63, 3.8) is 0 Å². The second-order valence-electron chi connectivity index (χ2n) is 4.64. The molecule has 1 saturated heterocycles. The Morgan fingerprint density at radius 2 is 2.29 bits per heavy atom. The highest BCUT2D eigenvalue weighted by Gasteiger charge is 2.23. The van der Waals surface area contributed by atoms with Gasteiger partial charge in [0.25, 0.3) is 9.05 Å². The Morgan fingerprint density at radius 1 is 1.52 bits per heavy atom. The monoisotopic (exact) mass is 333 g/mol. The summed E-state index contributed by atoms with van der Waals surface area (Å²) in [5, 5.41) is 2.71. The van der Waals surface area contributed by atoms with Crippen molar-refractivity contribution in [2.24, 2.45) is 0 Å². The van der Waals surface area contributed by atoms with Crippen molar-refractivity contribution in [3.05, 3.63) is 23.8 Å². The molecule has 0 saturated carbocycles. The quantitative estimate of drug-likeness (QED) is 0.824. The van der Waals surface area contributed by atoms with E-state index < -0.39 is 15.2 Å². The third kappa shape index (κ3) is 4.09. The minimum atomic E-state index is -3.91. The van der Waals surface area contributed by atoms with Gasteiger partial charge in [-0.25, -0.2) is 8.42 Å². The van der Waals surface area contributed by atoms with E-state index in [1.807, 2.05) is 0 Å². The lowest BCUT2D eigenvalue weighted by atomic mass is 10.2. The molecule has 1 aromatic carbocycles. The van der Waals surface area contributed by atoms with Gasteiger partial charge in [0.2, 0.25) is 5.91 Å². The van der Waals surface area contributed by atoms with E-state index in [2.05, 4.69) is 5.32 Å². The summed E-state index contributed by atoms with van der Waals surface area (Å²) in [4.78, 5) is 11.7. The van der Waals surface area contributed by atoms with Gasteiger partial charge in [0.15, 0.2) is 0 Å². The average molecular weight is 334 g/mol. The highest BCUT2D eigenvalue weighted by atomic mass is 35.7. The third-order valence-corrected chi connectivity index (χ3v) is 4.52. The summed E-state index contributed by atoms with van der Waals surface area (Å²) in [5.41, 5.74) is 0.612. The van der Waals surface area contributed by atoms with Crippen LogP contribution in [0.15, 0.2) is 23.1 Å². The Balaban J connectivity index is 2.08. The summed E-state index contributed by atoms with van der Waals surface area (Å²) in [6.45, 7) is 0.789. The first-order chi connectivity index (χ1) is 9.91. The molecule has 1 atom stereocenters. The van der Waals surface area contributed by atoms with Crippen molar-refractivity contribution in [1.29, 1.82) is 0 Å². The number of benzene rings is 1. The van der Waals surface area contributed by atoms with Crippen LogP contribution in [-0.2, 0) is 25.1 Å². The molecule has 6 nitrogen and oxygen atoms in total. The molecular formula is C13H16ClNO5S. The maximum absolute atomic E-state index is 11.8. The first-order valence-electron chi connectivity index (χ1n) is 6.42. The molecule has 1 aliphatic rings. The van der Waals surface area contributed by atoms with Gasteiger partial charge in [-0.2, -0.15) is 0 Å². The normalized spacial score (nSPS) is 18.5. The molecule has 8 heteroatoms. The van der Waals surface area contributed by atoms with Gasteiger partial charge in [-0.1, -0.05) is 6.07 Å². The van der Waals surface area contributed by atoms with Crippen LogP contribution in [0.25, 0.3) is 0 Å². The fourth-order valence-electron chi connectivity index (χ4n) is 2.11. The second-order valence-corrected chi connectivity index (χ2v) is 7.18. The number of carbonyl (C=O) groups is 1. The number of hydrogen-bond donors (Lipinski definition) is 1. The smallest absolute Gasteiger partial charge is 0.264 e. The Morgan fingerprint density at radius 3 is 2.86 bits per heavy atom. The molecule has 1 aliphatic heterocycles. The lowest BCUT2D eigenvalue weighted by molar-refractivity contribution is -0.130. The lowest BCUT2D eigenvalue weighted by Crippen LogP contribution is -2.33. The Labute approximate surface area is 127 Å². The zero-order valence-electron chi connectivity index (χ0n) is 11.5. The molecular weight excluding hydrogens is 318 g/mol. The van der Waals surface area contributed by atoms with Crippen LogP contribution in [0.4, 0.5) is 0 Å². The van der Waals surface area contributed by atoms with E-state index in [9.17, 15) is 13.2 Å². The highest BCUT2D eigenvalue weighted by molar-refractivity contribution is 8.13. The number of ether oxygens (including phenoxy) is 2. The summed E-state index contributed by atoms with van der Waals surface area (Å²) < 4.78 is 33.2. The van der Waals surface area contributed by atoms with Crippen LogP contribution in [0.2, 0.25) is 0 Å². The van der Waals surface area contributed by atoms with E-state index in [0.717, 1.165) is 6.42 Å². The van der Waals surface area contributed by atoms with Crippen molar-refractivity contribution in [2.75, 3.05) is 13.7 Å². The Bertz CT molecular complexity index is 625. The minimum Gasteiger partial charge on any atom is -0.495 e. The molecule has 0 radical (unpaired) electrons. The van der Waals surface area contributed by atoms with Gasteiger partial charge < -0.3 is 14.8 Å². The number of nitrogens with one attached hydrogen (secondary N) is 1. The summed E-state index contributed by atoms with van der Waals surface area (Å²) in [5.74, 6) is -0.0298. The van der Waals surface area contributed by atoms with Crippen LogP contribution >= 0.6 is 10.7 Å². The zero-order chi connectivity index (χ0) is 15.5. The van der Waals surface area contributed by atoms with Gasteiger partial charge in [0.05, 0.1) is 7.11 Å². The maximum Gasteiger partial charge on any atom is 0.264 e. The van der Waals surface area contributed by atoms with E-state index in [1.54, 1.807) is 6.07 Å². The second kappa shape index (κ2) is 6.64. The molecule has 2 rings (SSSR count). The summed E-state index contributed by atoms with van der Waals surface area (Å²) >= 11 is 0. The number of methoxy groups -OCH3 is 1. The largest absolute Gasteiger partial charge is 0.495 e. The molecule has 1 aromatic rings. The summed E-state index contributed by atoms with van der Waals surface area (Å²) in [7, 11) is 2.81. The molecule has 1 fully saturated rings. The van der Waals surface area contributed by atoms with E-state index >= 15 is 0 Å². The van der Waals surface area contributed by atoms with Crippen LogP contribution in [0, 0.1) is 0 Å². The van der Waals surface area contributed by atoms with Crippen molar-refractivity contribution in [2.45, 2.75) is 30.4 Å². The number of halogens is 1. The predicted molar refractivity (Wildman–Crippen MR) is 76.9 cm³/mol. The van der Waals surface area contributed by atoms with Gasteiger partial charge in [0, 0.05) is 23.8 Å². The Hall–Kier alpha value is -1.31. The van der Waals surface area contributed by atoms with Gasteiger partial charge in [-0.15, -0.1) is 0 Å². The van der Waals surface area contributed by atoms with E-state index in [1.165, 1.54) is 19.2 Å². The molecule has 0 bridgehead atoms. The van der Waals surface area contributed by atoms with E-state index in [-0.39, 0.29) is 23.1 Å². The number of rotatable bonds is 5. The molecule has 1 heterocycles. The van der Waals surface area contributed by atoms with Gasteiger partial charge in [-0.05, 0) is 30.5 Å². The van der Waals surface area contributed by atoms with Crippen LogP contribution < -0.4 is 10.1 Å². The SMILES string of the molecule is COc1ccc(CNC(=O)C2CCCO2)cc1S(=O)(=O)Cl. The first-order valence-corrected chi connectivity index (χ1v) is 8.73. The van der Waals surface area contributed by atoms with Crippen molar-refractivity contribution < 1.29 is 22.7 Å². The summed E-state index contributed by atoms with van der Waals surface area (Å²) in [6.07, 6.45) is 1.16. The van der Waals surface area contributed by atoms with Crippen LogP contribution in [0.5, 0.6) is 5.75 Å². The van der Waals surface area contributed by atoms with Crippen LogP contribution in [0.3, 0.4) is 0 Å². The minimum absolute atomic E-state index is 0.115. The zero-order valence-corrected chi connectivity index (χ0v) is 13.0. The summed E-state index contributed by atoms with van der Waals surface area (Å²) in [6, 6.07) is 4.56. The fraction of sp³-hybridized carbons (Fsp3) is 0.462. The topological polar surface area (TPSA) is 81.7 Å². The molecule has 1 unspecified atom stereocenters. The van der Waals surface area contributed by atoms with E-state index in [0.29, 0.717) is 18.6 Å². The Kier molecular flexibility index (Phi) is 5.08. The molecule has 1 amide bonds. The molecule has 0 spiro atoms. The standard InChI is InChI=1S/C13H16ClNO5S/c1-19-10-5-4-9(7-12(10)21(14,17)18)8-15-13(16)11-3-2-6-20-11/h4-5,7,11H,2-3,6,8H2,1H3,(H,15,16). The average Bonchev–Trinajstić information content (AvgIpc) is 2.97.